The molecular weight excluding hydrogens is 334 g/mol. The molecule has 130 valence electrons. The molecule has 1 fully saturated rings. The lowest BCUT2D eigenvalue weighted by molar-refractivity contribution is -0.387. The number of para-hydroxylation sites is 1. The van der Waals surface area contributed by atoms with E-state index in [4.69, 9.17) is 0 Å². The van der Waals surface area contributed by atoms with E-state index in [0.717, 1.165) is 23.4 Å². The van der Waals surface area contributed by atoms with Gasteiger partial charge in [0.2, 0.25) is 0 Å². The SMILES string of the molecule is O=[N+]([O-])c1cc(C=NNc2ccccc2)ccc1SC1CCCCC1. The molecule has 0 saturated heterocycles. The minimum atomic E-state index is -0.298. The van der Waals surface area contributed by atoms with Crippen LogP contribution in [0, 0.1) is 10.1 Å². The maximum Gasteiger partial charge on any atom is 0.283 e. The van der Waals surface area contributed by atoms with Crippen molar-refractivity contribution in [3.63, 3.8) is 0 Å². The Balaban J connectivity index is 1.70. The van der Waals surface area contributed by atoms with Crippen LogP contribution in [0.3, 0.4) is 0 Å². The first-order valence-electron chi connectivity index (χ1n) is 8.51. The summed E-state index contributed by atoms with van der Waals surface area (Å²) >= 11 is 1.65. The monoisotopic (exact) mass is 355 g/mol. The van der Waals surface area contributed by atoms with E-state index in [9.17, 15) is 10.1 Å². The summed E-state index contributed by atoms with van der Waals surface area (Å²) in [5, 5.41) is 16.1. The van der Waals surface area contributed by atoms with Crippen molar-refractivity contribution in [2.45, 2.75) is 42.2 Å². The summed E-state index contributed by atoms with van der Waals surface area (Å²) in [5.41, 5.74) is 4.67. The van der Waals surface area contributed by atoms with Gasteiger partial charge in [-0.1, -0.05) is 43.5 Å². The molecule has 0 aromatic heterocycles. The normalized spacial score (nSPS) is 15.4. The Morgan fingerprint density at radius 3 is 2.60 bits per heavy atom. The molecule has 1 aliphatic rings. The van der Waals surface area contributed by atoms with Crippen molar-refractivity contribution in [2.24, 2.45) is 5.10 Å². The zero-order valence-electron chi connectivity index (χ0n) is 13.9. The Hall–Kier alpha value is -2.34. The molecule has 0 amide bonds. The average Bonchev–Trinajstić information content (AvgIpc) is 2.64. The zero-order valence-corrected chi connectivity index (χ0v) is 14.7. The van der Waals surface area contributed by atoms with Crippen molar-refractivity contribution in [1.82, 2.24) is 0 Å². The number of hydrogen-bond acceptors (Lipinski definition) is 5. The van der Waals surface area contributed by atoms with Crippen molar-refractivity contribution >= 4 is 29.4 Å². The summed E-state index contributed by atoms with van der Waals surface area (Å²) in [5.74, 6) is 0. The first-order valence-corrected chi connectivity index (χ1v) is 9.39. The Kier molecular flexibility index (Phi) is 6.06. The molecule has 1 saturated carbocycles. The maximum atomic E-state index is 11.4. The van der Waals surface area contributed by atoms with Crippen LogP contribution in [0.4, 0.5) is 11.4 Å². The molecule has 1 N–H and O–H groups in total. The minimum absolute atomic E-state index is 0.166. The zero-order chi connectivity index (χ0) is 17.5. The number of hydrazone groups is 1. The number of nitro benzene ring substituents is 1. The van der Waals surface area contributed by atoms with Crippen molar-refractivity contribution in [2.75, 3.05) is 5.43 Å². The largest absolute Gasteiger partial charge is 0.283 e. The Morgan fingerprint density at radius 1 is 1.12 bits per heavy atom. The summed E-state index contributed by atoms with van der Waals surface area (Å²) in [7, 11) is 0. The van der Waals surface area contributed by atoms with Gasteiger partial charge in [0.15, 0.2) is 0 Å². The molecule has 0 atom stereocenters. The van der Waals surface area contributed by atoms with E-state index < -0.39 is 0 Å². The van der Waals surface area contributed by atoms with Crippen LogP contribution in [0.2, 0.25) is 0 Å². The number of anilines is 1. The van der Waals surface area contributed by atoms with Gasteiger partial charge >= 0.3 is 0 Å². The van der Waals surface area contributed by atoms with Gasteiger partial charge in [0.05, 0.1) is 21.7 Å². The molecule has 0 heterocycles. The van der Waals surface area contributed by atoms with E-state index >= 15 is 0 Å². The molecule has 0 radical (unpaired) electrons. The van der Waals surface area contributed by atoms with Crippen LogP contribution < -0.4 is 5.43 Å². The predicted octanol–water partition coefficient (Wildman–Crippen LogP) is 5.47. The molecular formula is C19H21N3O2S. The van der Waals surface area contributed by atoms with Crippen molar-refractivity contribution in [3.05, 3.63) is 64.2 Å². The molecule has 0 bridgehead atoms. The third-order valence-corrected chi connectivity index (χ3v) is 5.61. The molecule has 6 heteroatoms. The minimum Gasteiger partial charge on any atom is -0.279 e. The lowest BCUT2D eigenvalue weighted by Gasteiger charge is -2.20. The topological polar surface area (TPSA) is 67.5 Å². The van der Waals surface area contributed by atoms with Gasteiger partial charge in [-0.15, -0.1) is 11.8 Å². The summed E-state index contributed by atoms with van der Waals surface area (Å²) in [4.78, 5) is 11.9. The molecule has 2 aromatic carbocycles. The fourth-order valence-corrected chi connectivity index (χ4v) is 4.24. The number of benzene rings is 2. The number of hydrogen-bond donors (Lipinski definition) is 1. The highest BCUT2D eigenvalue weighted by Crippen LogP contribution is 2.38. The maximum absolute atomic E-state index is 11.4. The van der Waals surface area contributed by atoms with Crippen LogP contribution in [-0.2, 0) is 0 Å². The van der Waals surface area contributed by atoms with E-state index in [2.05, 4.69) is 10.5 Å². The molecule has 3 rings (SSSR count). The number of rotatable bonds is 6. The second-order valence-electron chi connectivity index (χ2n) is 6.10. The van der Waals surface area contributed by atoms with Crippen LogP contribution >= 0.6 is 11.8 Å². The van der Waals surface area contributed by atoms with Crippen LogP contribution in [-0.4, -0.2) is 16.4 Å². The molecule has 0 aliphatic heterocycles. The number of thioether (sulfide) groups is 1. The first kappa shape index (κ1) is 17.5. The Morgan fingerprint density at radius 2 is 1.88 bits per heavy atom. The third-order valence-electron chi connectivity index (χ3n) is 4.21. The summed E-state index contributed by atoms with van der Waals surface area (Å²) in [6.45, 7) is 0. The number of nitrogens with one attached hydrogen (secondary N) is 1. The standard InChI is InChI=1S/C19H21N3O2S/c23-22(24)18-13-15(14-20-21-16-7-3-1-4-8-16)11-12-19(18)25-17-9-5-2-6-10-17/h1,3-4,7-8,11-14,17,21H,2,5-6,9-10H2. The van der Waals surface area contributed by atoms with Gasteiger partial charge in [0.25, 0.3) is 5.69 Å². The quantitative estimate of drug-likeness (QED) is 0.424. The fourth-order valence-electron chi connectivity index (χ4n) is 2.91. The van der Waals surface area contributed by atoms with Gasteiger partial charge in [-0.3, -0.25) is 15.5 Å². The Bertz CT molecular complexity index is 744. The van der Waals surface area contributed by atoms with Gasteiger partial charge in [0.1, 0.15) is 0 Å². The molecule has 25 heavy (non-hydrogen) atoms. The van der Waals surface area contributed by atoms with E-state index in [-0.39, 0.29) is 10.6 Å². The van der Waals surface area contributed by atoms with Crippen molar-refractivity contribution < 1.29 is 4.92 Å². The van der Waals surface area contributed by atoms with Gasteiger partial charge in [-0.25, -0.2) is 0 Å². The van der Waals surface area contributed by atoms with E-state index in [1.807, 2.05) is 42.5 Å². The summed E-state index contributed by atoms with van der Waals surface area (Å²) in [6.07, 6.45) is 7.62. The number of nitrogens with zero attached hydrogens (tertiary/aromatic N) is 2. The fraction of sp³-hybridized carbons (Fsp3) is 0.316. The molecule has 5 nitrogen and oxygen atoms in total. The molecule has 0 unspecified atom stereocenters. The van der Waals surface area contributed by atoms with Crippen LogP contribution in [0.25, 0.3) is 0 Å². The highest BCUT2D eigenvalue weighted by atomic mass is 32.2. The third kappa shape index (κ3) is 5.06. The number of nitro groups is 1. The van der Waals surface area contributed by atoms with Gasteiger partial charge in [0, 0.05) is 16.9 Å². The molecule has 1 aliphatic carbocycles. The Labute approximate surface area is 151 Å². The lowest BCUT2D eigenvalue weighted by Crippen LogP contribution is -2.08. The molecule has 2 aromatic rings. The van der Waals surface area contributed by atoms with E-state index in [1.165, 1.54) is 19.3 Å². The second kappa shape index (κ2) is 8.67. The van der Waals surface area contributed by atoms with Gasteiger partial charge in [-0.05, 0) is 31.0 Å². The van der Waals surface area contributed by atoms with Crippen LogP contribution in [0.1, 0.15) is 37.7 Å². The second-order valence-corrected chi connectivity index (χ2v) is 7.44. The first-order chi connectivity index (χ1) is 12.2. The van der Waals surface area contributed by atoms with E-state index in [1.54, 1.807) is 24.0 Å². The highest BCUT2D eigenvalue weighted by molar-refractivity contribution is 8.00. The van der Waals surface area contributed by atoms with Gasteiger partial charge < -0.3 is 0 Å². The van der Waals surface area contributed by atoms with Crippen molar-refractivity contribution in [1.29, 1.82) is 0 Å². The predicted molar refractivity (Wildman–Crippen MR) is 103 cm³/mol. The lowest BCUT2D eigenvalue weighted by atomic mass is 10.0. The van der Waals surface area contributed by atoms with Crippen LogP contribution in [0.5, 0.6) is 0 Å². The molecule has 0 spiro atoms. The van der Waals surface area contributed by atoms with E-state index in [0.29, 0.717) is 10.8 Å². The average molecular weight is 355 g/mol. The highest BCUT2D eigenvalue weighted by Gasteiger charge is 2.20. The van der Waals surface area contributed by atoms with Gasteiger partial charge in [-0.2, -0.15) is 5.10 Å². The summed E-state index contributed by atoms with van der Waals surface area (Å²) < 4.78 is 0. The van der Waals surface area contributed by atoms with Crippen LogP contribution in [0.15, 0.2) is 58.5 Å². The van der Waals surface area contributed by atoms with Crippen molar-refractivity contribution in [3.8, 4) is 0 Å². The summed E-state index contributed by atoms with van der Waals surface area (Å²) in [6, 6.07) is 14.9. The smallest absolute Gasteiger partial charge is 0.279 e.